The lowest BCUT2D eigenvalue weighted by molar-refractivity contribution is 0.643. The Morgan fingerprint density at radius 2 is 2.17 bits per heavy atom. The maximum absolute atomic E-state index is 5.88. The van der Waals surface area contributed by atoms with Gasteiger partial charge >= 0.3 is 0 Å². The molecule has 0 aliphatic carbocycles. The van der Waals surface area contributed by atoms with Crippen LogP contribution in [0.1, 0.15) is 42.3 Å². The minimum absolute atomic E-state index is 0.121. The molecule has 0 bridgehead atoms. The summed E-state index contributed by atoms with van der Waals surface area (Å²) >= 11 is 1.75. The molecule has 1 aliphatic rings. The summed E-state index contributed by atoms with van der Waals surface area (Å²) in [5.74, 6) is 3.04. The molecule has 3 aromatic rings. The van der Waals surface area contributed by atoms with Crippen molar-refractivity contribution < 1.29 is 0 Å². The zero-order chi connectivity index (χ0) is 16.8. The molecule has 2 N–H and O–H groups in total. The Kier molecular flexibility index (Phi) is 3.64. The Morgan fingerprint density at radius 3 is 2.88 bits per heavy atom. The van der Waals surface area contributed by atoms with Crippen LogP contribution < -0.4 is 10.6 Å². The van der Waals surface area contributed by atoms with Crippen LogP contribution in [0.15, 0.2) is 6.07 Å². The number of rotatable bonds is 3. The van der Waals surface area contributed by atoms with Crippen LogP contribution in [0, 0.1) is 6.92 Å². The van der Waals surface area contributed by atoms with Gasteiger partial charge in [0.05, 0.1) is 11.4 Å². The van der Waals surface area contributed by atoms with E-state index < -0.39 is 0 Å². The molecule has 3 aromatic heterocycles. The van der Waals surface area contributed by atoms with E-state index in [9.17, 15) is 0 Å². The van der Waals surface area contributed by atoms with Gasteiger partial charge in [-0.15, -0.1) is 11.3 Å². The summed E-state index contributed by atoms with van der Waals surface area (Å²) in [5.41, 5.74) is 5.88. The van der Waals surface area contributed by atoms with Crippen LogP contribution >= 0.6 is 11.3 Å². The predicted molar refractivity (Wildman–Crippen MR) is 96.3 cm³/mol. The number of hydrogen-bond acceptors (Lipinski definition) is 7. The minimum Gasteiger partial charge on any atom is -0.368 e. The fourth-order valence-corrected chi connectivity index (χ4v) is 4.31. The van der Waals surface area contributed by atoms with E-state index in [0.29, 0.717) is 5.95 Å². The highest BCUT2D eigenvalue weighted by atomic mass is 32.1. The molecule has 1 unspecified atom stereocenters. The SMILES string of the molecule is CCc1cc2c(N3CCCC3c3nc(N)n(C)n3)nc(C)nc2s1. The summed E-state index contributed by atoms with van der Waals surface area (Å²) in [6.07, 6.45) is 3.12. The first kappa shape index (κ1) is 15.3. The minimum atomic E-state index is 0.121. The van der Waals surface area contributed by atoms with E-state index >= 15 is 0 Å². The van der Waals surface area contributed by atoms with Crippen molar-refractivity contribution in [3.05, 3.63) is 22.6 Å². The van der Waals surface area contributed by atoms with Crippen LogP contribution in [-0.2, 0) is 13.5 Å². The van der Waals surface area contributed by atoms with Gasteiger partial charge in [-0.1, -0.05) is 6.92 Å². The largest absolute Gasteiger partial charge is 0.368 e. The number of nitrogen functional groups attached to an aromatic ring is 1. The molecule has 4 heterocycles. The standard InChI is InChI=1S/C16H21N7S/c1-4-10-8-11-14(18-9(2)19-15(11)24-10)23-7-5-6-12(23)13-20-16(17)22(3)21-13/h8,12H,4-7H2,1-3H3,(H2,17,20,21). The number of fused-ring (bicyclic) bond motifs is 1. The van der Waals surface area contributed by atoms with Crippen molar-refractivity contribution in [1.82, 2.24) is 24.7 Å². The number of nitrogens with two attached hydrogens (primary N) is 1. The third kappa shape index (κ3) is 2.41. The average molecular weight is 343 g/mol. The van der Waals surface area contributed by atoms with Gasteiger partial charge in [-0.3, -0.25) is 0 Å². The van der Waals surface area contributed by atoms with E-state index in [2.05, 4.69) is 33.0 Å². The van der Waals surface area contributed by atoms with Crippen LogP contribution in [0.3, 0.4) is 0 Å². The molecule has 0 saturated carbocycles. The van der Waals surface area contributed by atoms with Gasteiger partial charge in [-0.25, -0.2) is 14.6 Å². The first-order valence-electron chi connectivity index (χ1n) is 8.27. The number of thiophene rings is 1. The molecule has 0 aromatic carbocycles. The summed E-state index contributed by atoms with van der Waals surface area (Å²) in [6, 6.07) is 2.35. The van der Waals surface area contributed by atoms with Gasteiger partial charge in [-0.2, -0.15) is 10.1 Å². The lowest BCUT2D eigenvalue weighted by Crippen LogP contribution is -2.25. The topological polar surface area (TPSA) is 85.8 Å². The average Bonchev–Trinajstić information content (AvgIpc) is 3.25. The van der Waals surface area contributed by atoms with Gasteiger partial charge in [0.15, 0.2) is 5.82 Å². The Labute approximate surface area is 144 Å². The van der Waals surface area contributed by atoms with Gasteiger partial charge in [0.1, 0.15) is 16.5 Å². The van der Waals surface area contributed by atoms with E-state index in [-0.39, 0.29) is 6.04 Å². The summed E-state index contributed by atoms with van der Waals surface area (Å²) < 4.78 is 1.63. The van der Waals surface area contributed by atoms with Crippen LogP contribution in [0.2, 0.25) is 0 Å². The second kappa shape index (κ2) is 5.70. The Bertz CT molecular complexity index is 878. The predicted octanol–water partition coefficient (Wildman–Crippen LogP) is 2.61. The van der Waals surface area contributed by atoms with Crippen molar-refractivity contribution in [2.45, 2.75) is 39.2 Å². The Balaban J connectivity index is 1.81. The third-order valence-electron chi connectivity index (χ3n) is 4.52. The molecule has 4 rings (SSSR count). The van der Waals surface area contributed by atoms with Gasteiger partial charge in [-0.05, 0) is 32.3 Å². The zero-order valence-electron chi connectivity index (χ0n) is 14.2. The Hall–Kier alpha value is -2.22. The van der Waals surface area contributed by atoms with Crippen molar-refractivity contribution >= 4 is 33.3 Å². The number of aryl methyl sites for hydroxylation is 3. The van der Waals surface area contributed by atoms with Crippen molar-refractivity contribution in [1.29, 1.82) is 0 Å². The van der Waals surface area contributed by atoms with Crippen LogP contribution in [0.4, 0.5) is 11.8 Å². The van der Waals surface area contributed by atoms with E-state index in [1.807, 2.05) is 14.0 Å². The van der Waals surface area contributed by atoms with E-state index in [4.69, 9.17) is 10.7 Å². The molecule has 7 nitrogen and oxygen atoms in total. The van der Waals surface area contributed by atoms with Gasteiger partial charge in [0.2, 0.25) is 5.95 Å². The molecule has 126 valence electrons. The second-order valence-corrected chi connectivity index (χ2v) is 7.30. The van der Waals surface area contributed by atoms with Crippen molar-refractivity contribution in [3.63, 3.8) is 0 Å². The van der Waals surface area contributed by atoms with Gasteiger partial charge in [0, 0.05) is 18.5 Å². The third-order valence-corrected chi connectivity index (χ3v) is 5.69. The monoisotopic (exact) mass is 343 g/mol. The van der Waals surface area contributed by atoms with Crippen molar-refractivity contribution in [3.8, 4) is 0 Å². The van der Waals surface area contributed by atoms with Crippen molar-refractivity contribution in [2.24, 2.45) is 7.05 Å². The molecule has 1 aliphatic heterocycles. The van der Waals surface area contributed by atoms with Gasteiger partial charge in [0.25, 0.3) is 0 Å². The first-order valence-corrected chi connectivity index (χ1v) is 9.08. The molecule has 1 fully saturated rings. The smallest absolute Gasteiger partial charge is 0.218 e. The molecule has 1 saturated heterocycles. The fourth-order valence-electron chi connectivity index (χ4n) is 3.30. The summed E-state index contributed by atoms with van der Waals surface area (Å²) in [4.78, 5) is 18.5. The van der Waals surface area contributed by atoms with Gasteiger partial charge < -0.3 is 10.6 Å². The zero-order valence-corrected chi connectivity index (χ0v) is 15.0. The van der Waals surface area contributed by atoms with E-state index in [0.717, 1.165) is 53.5 Å². The lowest BCUT2D eigenvalue weighted by Gasteiger charge is -2.24. The first-order chi connectivity index (χ1) is 11.6. The highest BCUT2D eigenvalue weighted by Crippen LogP contribution is 2.39. The molecule has 0 radical (unpaired) electrons. The van der Waals surface area contributed by atoms with Crippen molar-refractivity contribution in [2.75, 3.05) is 17.2 Å². The van der Waals surface area contributed by atoms with Crippen LogP contribution in [0.25, 0.3) is 10.2 Å². The molecular weight excluding hydrogens is 322 g/mol. The molecular formula is C16H21N7S. The molecule has 0 spiro atoms. The molecule has 24 heavy (non-hydrogen) atoms. The number of hydrogen-bond donors (Lipinski definition) is 1. The second-order valence-electron chi connectivity index (χ2n) is 6.18. The quantitative estimate of drug-likeness (QED) is 0.787. The number of nitrogens with zero attached hydrogens (tertiary/aromatic N) is 6. The highest BCUT2D eigenvalue weighted by Gasteiger charge is 2.32. The van der Waals surface area contributed by atoms with E-state index in [1.165, 1.54) is 4.88 Å². The fraction of sp³-hybridized carbons (Fsp3) is 0.500. The normalized spacial score (nSPS) is 18.0. The number of aromatic nitrogens is 5. The molecule has 8 heteroatoms. The maximum atomic E-state index is 5.88. The summed E-state index contributed by atoms with van der Waals surface area (Å²) in [7, 11) is 1.82. The summed E-state index contributed by atoms with van der Waals surface area (Å²) in [6.45, 7) is 5.08. The Morgan fingerprint density at radius 1 is 1.33 bits per heavy atom. The summed E-state index contributed by atoms with van der Waals surface area (Å²) in [5, 5.41) is 5.63. The highest BCUT2D eigenvalue weighted by molar-refractivity contribution is 7.18. The lowest BCUT2D eigenvalue weighted by atomic mass is 10.2. The van der Waals surface area contributed by atoms with E-state index in [1.54, 1.807) is 16.0 Å². The van der Waals surface area contributed by atoms with Crippen LogP contribution in [0.5, 0.6) is 0 Å². The molecule has 1 atom stereocenters. The molecule has 0 amide bonds. The number of anilines is 2. The van der Waals surface area contributed by atoms with Crippen LogP contribution in [-0.4, -0.2) is 31.3 Å². The maximum Gasteiger partial charge on any atom is 0.218 e.